The average molecular weight is 360 g/mol. The lowest BCUT2D eigenvalue weighted by atomic mass is 9.87. The highest BCUT2D eigenvalue weighted by molar-refractivity contribution is 5.86. The molecule has 0 amide bonds. The molecule has 0 aromatic rings. The van der Waals surface area contributed by atoms with Crippen LogP contribution in [0.4, 0.5) is 0 Å². The number of carboxylic acids is 1. The van der Waals surface area contributed by atoms with Crippen LogP contribution in [-0.4, -0.2) is 23.1 Å². The summed E-state index contributed by atoms with van der Waals surface area (Å²) >= 11 is 0. The Kier molecular flexibility index (Phi) is 9.11. The van der Waals surface area contributed by atoms with Crippen molar-refractivity contribution in [2.45, 2.75) is 72.3 Å². The molecule has 2 unspecified atom stereocenters. The fraction of sp³-hybridized carbons (Fsp3) is 0.545. The molecule has 0 heterocycles. The van der Waals surface area contributed by atoms with E-state index in [1.54, 1.807) is 0 Å². The van der Waals surface area contributed by atoms with Crippen LogP contribution in [0.5, 0.6) is 0 Å². The molecule has 1 N–H and O–H groups in total. The van der Waals surface area contributed by atoms with Gasteiger partial charge in [0.05, 0.1) is 0 Å². The van der Waals surface area contributed by atoms with Crippen molar-refractivity contribution in [1.82, 2.24) is 0 Å². The topological polar surface area (TPSA) is 63.6 Å². The minimum Gasteiger partial charge on any atom is -0.478 e. The number of hydrogen-bond acceptors (Lipinski definition) is 3. The Bertz CT molecular complexity index is 622. The largest absolute Gasteiger partial charge is 0.478 e. The number of rotatable bonds is 3. The fourth-order valence-corrected chi connectivity index (χ4v) is 3.21. The van der Waals surface area contributed by atoms with E-state index in [1.165, 1.54) is 12.5 Å². The minimum atomic E-state index is -0.843. The zero-order valence-electron chi connectivity index (χ0n) is 16.5. The van der Waals surface area contributed by atoms with Gasteiger partial charge in [-0.2, -0.15) is 0 Å². The highest BCUT2D eigenvalue weighted by atomic mass is 16.5. The highest BCUT2D eigenvalue weighted by Gasteiger charge is 2.23. The van der Waals surface area contributed by atoms with Gasteiger partial charge in [0, 0.05) is 18.4 Å². The van der Waals surface area contributed by atoms with Crippen LogP contribution in [0, 0.1) is 5.92 Å². The van der Waals surface area contributed by atoms with E-state index in [9.17, 15) is 14.7 Å². The number of carbonyl (C=O) groups is 2. The molecule has 4 nitrogen and oxygen atoms in total. The van der Waals surface area contributed by atoms with Crippen molar-refractivity contribution >= 4 is 11.9 Å². The summed E-state index contributed by atoms with van der Waals surface area (Å²) in [4.78, 5) is 23.0. The first-order valence-corrected chi connectivity index (χ1v) is 9.28. The molecule has 1 aliphatic rings. The smallest absolute Gasteiger partial charge is 0.331 e. The maximum atomic E-state index is 11.6. The second kappa shape index (κ2) is 10.8. The van der Waals surface area contributed by atoms with Gasteiger partial charge in [-0.1, -0.05) is 35.5 Å². The summed E-state index contributed by atoms with van der Waals surface area (Å²) in [6.45, 7) is 11.6. The van der Waals surface area contributed by atoms with Gasteiger partial charge in [0.2, 0.25) is 0 Å². The standard InChI is InChI=1S/C22H32O4/c1-15(2)20-13-12-16(3)8-6-10-19(22(24)25)11-7-9-17(4)14-21(20)26-18(5)23/h8,11,14,20-21H,1,6-7,9-10,12-13H2,2-5H3,(H,24,25)/b16-8-,17-14-,19-11+. The monoisotopic (exact) mass is 360 g/mol. The Morgan fingerprint density at radius 2 is 1.73 bits per heavy atom. The molecule has 0 saturated carbocycles. The number of esters is 1. The van der Waals surface area contributed by atoms with E-state index < -0.39 is 5.97 Å². The van der Waals surface area contributed by atoms with E-state index >= 15 is 0 Å². The fourth-order valence-electron chi connectivity index (χ4n) is 3.21. The maximum absolute atomic E-state index is 11.6. The van der Waals surface area contributed by atoms with Crippen molar-refractivity contribution < 1.29 is 19.4 Å². The van der Waals surface area contributed by atoms with E-state index in [2.05, 4.69) is 19.6 Å². The molecule has 26 heavy (non-hydrogen) atoms. The number of aliphatic carboxylic acids is 1. The van der Waals surface area contributed by atoms with Gasteiger partial charge in [-0.15, -0.1) is 0 Å². The van der Waals surface area contributed by atoms with Gasteiger partial charge in [-0.3, -0.25) is 4.79 Å². The van der Waals surface area contributed by atoms with E-state index in [0.29, 0.717) is 18.4 Å². The SMILES string of the molecule is C=C(C)C1CC/C(C)=C\CC/C(C(=O)O)=C\CC/C(C)=C\C1OC(C)=O. The second-order valence-corrected chi connectivity index (χ2v) is 7.24. The molecular weight excluding hydrogens is 328 g/mol. The molecule has 0 saturated heterocycles. The predicted octanol–water partition coefficient (Wildman–Crippen LogP) is 5.37. The molecule has 0 fully saturated rings. The molecule has 0 radical (unpaired) electrons. The van der Waals surface area contributed by atoms with Crippen molar-refractivity contribution in [1.29, 1.82) is 0 Å². The summed E-state index contributed by atoms with van der Waals surface area (Å²) < 4.78 is 5.58. The van der Waals surface area contributed by atoms with Crippen LogP contribution >= 0.6 is 0 Å². The van der Waals surface area contributed by atoms with Crippen LogP contribution in [0.1, 0.15) is 66.2 Å². The molecular formula is C22H32O4. The molecule has 2 atom stereocenters. The maximum Gasteiger partial charge on any atom is 0.331 e. The Morgan fingerprint density at radius 1 is 1.08 bits per heavy atom. The third kappa shape index (κ3) is 7.85. The van der Waals surface area contributed by atoms with Gasteiger partial charge in [-0.05, 0) is 65.4 Å². The number of allylic oxidation sites excluding steroid dienone is 4. The van der Waals surface area contributed by atoms with Crippen LogP contribution in [0.2, 0.25) is 0 Å². The van der Waals surface area contributed by atoms with Crippen LogP contribution in [0.25, 0.3) is 0 Å². The van der Waals surface area contributed by atoms with Crippen LogP contribution in [0.15, 0.2) is 47.1 Å². The first-order chi connectivity index (χ1) is 12.2. The molecule has 0 bridgehead atoms. The van der Waals surface area contributed by atoms with Gasteiger partial charge in [0.1, 0.15) is 6.10 Å². The highest BCUT2D eigenvalue weighted by Crippen LogP contribution is 2.27. The summed E-state index contributed by atoms with van der Waals surface area (Å²) in [6, 6.07) is 0. The van der Waals surface area contributed by atoms with E-state index in [-0.39, 0.29) is 18.0 Å². The van der Waals surface area contributed by atoms with Gasteiger partial charge >= 0.3 is 11.9 Å². The van der Waals surface area contributed by atoms with Crippen molar-refractivity contribution in [2.24, 2.45) is 5.92 Å². The van der Waals surface area contributed by atoms with E-state index in [1.807, 2.05) is 26.0 Å². The van der Waals surface area contributed by atoms with Crippen LogP contribution in [-0.2, 0) is 14.3 Å². The van der Waals surface area contributed by atoms with Crippen LogP contribution < -0.4 is 0 Å². The number of hydrogen-bond donors (Lipinski definition) is 1. The lowest BCUT2D eigenvalue weighted by Crippen LogP contribution is -2.25. The number of carbonyl (C=O) groups excluding carboxylic acids is 1. The molecule has 4 heteroatoms. The molecule has 0 spiro atoms. The molecule has 0 aromatic carbocycles. The van der Waals surface area contributed by atoms with E-state index in [4.69, 9.17) is 4.74 Å². The van der Waals surface area contributed by atoms with Crippen molar-refractivity contribution in [3.05, 3.63) is 47.1 Å². The predicted molar refractivity (Wildman–Crippen MR) is 105 cm³/mol. The first kappa shape index (κ1) is 21.9. The van der Waals surface area contributed by atoms with Crippen molar-refractivity contribution in [2.75, 3.05) is 0 Å². The lowest BCUT2D eigenvalue weighted by molar-refractivity contribution is -0.145. The number of ether oxygens (including phenoxy) is 1. The van der Waals surface area contributed by atoms with Gasteiger partial charge in [0.25, 0.3) is 0 Å². The quantitative estimate of drug-likeness (QED) is 0.543. The third-order valence-electron chi connectivity index (χ3n) is 4.74. The lowest BCUT2D eigenvalue weighted by Gasteiger charge is -2.26. The zero-order chi connectivity index (χ0) is 19.7. The van der Waals surface area contributed by atoms with Crippen LogP contribution in [0.3, 0.4) is 0 Å². The molecule has 0 aromatic heterocycles. The molecule has 1 aliphatic carbocycles. The molecule has 1 rings (SSSR count). The average Bonchev–Trinajstić information content (AvgIpc) is 2.51. The summed E-state index contributed by atoms with van der Waals surface area (Å²) in [6.07, 6.45) is 9.99. The summed E-state index contributed by atoms with van der Waals surface area (Å²) in [7, 11) is 0. The van der Waals surface area contributed by atoms with Gasteiger partial charge in [0.15, 0.2) is 0 Å². The summed E-state index contributed by atoms with van der Waals surface area (Å²) in [5.74, 6) is -1.07. The summed E-state index contributed by atoms with van der Waals surface area (Å²) in [5.41, 5.74) is 3.79. The number of carboxylic acid groups (broad SMARTS) is 1. The normalized spacial score (nSPS) is 29.0. The molecule has 144 valence electrons. The van der Waals surface area contributed by atoms with E-state index in [0.717, 1.165) is 36.8 Å². The Balaban J connectivity index is 3.15. The van der Waals surface area contributed by atoms with Gasteiger partial charge < -0.3 is 9.84 Å². The second-order valence-electron chi connectivity index (χ2n) is 7.24. The first-order valence-electron chi connectivity index (χ1n) is 9.28. The van der Waals surface area contributed by atoms with Crippen molar-refractivity contribution in [3.8, 4) is 0 Å². The summed E-state index contributed by atoms with van der Waals surface area (Å²) in [5, 5.41) is 9.34. The minimum absolute atomic E-state index is 0.0743. The van der Waals surface area contributed by atoms with Gasteiger partial charge in [-0.25, -0.2) is 4.79 Å². The Morgan fingerprint density at radius 3 is 2.31 bits per heavy atom. The zero-order valence-corrected chi connectivity index (χ0v) is 16.5. The van der Waals surface area contributed by atoms with Crippen molar-refractivity contribution in [3.63, 3.8) is 0 Å². The molecule has 0 aliphatic heterocycles. The Hall–Kier alpha value is -2.10. The third-order valence-corrected chi connectivity index (χ3v) is 4.74. The Labute approximate surface area is 157 Å².